The molecule has 0 radical (unpaired) electrons. The van der Waals surface area contributed by atoms with Gasteiger partial charge in [-0.05, 0) is 25.7 Å². The lowest BCUT2D eigenvalue weighted by Crippen LogP contribution is -2.45. The first-order valence-corrected chi connectivity index (χ1v) is 6.72. The first kappa shape index (κ1) is 15.0. The molecule has 0 aromatic heterocycles. The molecule has 18 heavy (non-hydrogen) atoms. The van der Waals surface area contributed by atoms with Crippen LogP contribution in [0.15, 0.2) is 0 Å². The highest BCUT2D eigenvalue weighted by atomic mass is 16.4. The Balaban J connectivity index is 2.37. The quantitative estimate of drug-likeness (QED) is 0.648. The molecule has 1 aliphatic rings. The van der Waals surface area contributed by atoms with E-state index < -0.39 is 24.0 Å². The van der Waals surface area contributed by atoms with Crippen LogP contribution in [0.5, 0.6) is 0 Å². The second-order valence-electron chi connectivity index (χ2n) is 5.20. The van der Waals surface area contributed by atoms with Crippen LogP contribution in [0, 0.1) is 5.92 Å². The fourth-order valence-corrected chi connectivity index (χ4v) is 2.53. The number of carbonyl (C=O) groups is 2. The molecule has 0 bridgehead atoms. The first-order chi connectivity index (χ1) is 8.50. The summed E-state index contributed by atoms with van der Waals surface area (Å²) in [6, 6.07) is -1.57. The van der Waals surface area contributed by atoms with Crippen molar-refractivity contribution in [3.05, 3.63) is 0 Å². The molecule has 0 saturated heterocycles. The van der Waals surface area contributed by atoms with Crippen LogP contribution in [0.1, 0.15) is 51.9 Å². The molecule has 0 aromatic rings. The van der Waals surface area contributed by atoms with E-state index in [9.17, 15) is 9.59 Å². The Morgan fingerprint density at radius 3 is 2.28 bits per heavy atom. The normalized spacial score (nSPS) is 20.3. The third-order valence-electron chi connectivity index (χ3n) is 3.71. The molecule has 2 atom stereocenters. The van der Waals surface area contributed by atoms with Crippen LogP contribution < -0.4 is 5.32 Å². The molecule has 1 aliphatic carbocycles. The van der Waals surface area contributed by atoms with Crippen molar-refractivity contribution in [3.63, 3.8) is 0 Å². The van der Waals surface area contributed by atoms with Gasteiger partial charge in [-0.3, -0.25) is 14.9 Å². The third-order valence-corrected chi connectivity index (χ3v) is 3.71. The second kappa shape index (κ2) is 7.36. The van der Waals surface area contributed by atoms with Gasteiger partial charge in [0.25, 0.3) is 0 Å². The third kappa shape index (κ3) is 5.04. The Morgan fingerprint density at radius 2 is 1.78 bits per heavy atom. The van der Waals surface area contributed by atoms with Crippen LogP contribution in [0.25, 0.3) is 0 Å². The lowest BCUT2D eigenvalue weighted by atomic mass is 9.85. The molecule has 0 spiro atoms. The van der Waals surface area contributed by atoms with E-state index in [-0.39, 0.29) is 0 Å². The molecular weight excluding hydrogens is 234 g/mol. The SMILES string of the molecule is CC(NC(CCC1CCCCC1)C(=O)O)C(=O)O. The minimum atomic E-state index is -1.01. The summed E-state index contributed by atoms with van der Waals surface area (Å²) >= 11 is 0. The van der Waals surface area contributed by atoms with Crippen molar-refractivity contribution < 1.29 is 19.8 Å². The van der Waals surface area contributed by atoms with E-state index in [2.05, 4.69) is 5.32 Å². The number of aliphatic carboxylic acids is 2. The number of rotatable bonds is 7. The second-order valence-corrected chi connectivity index (χ2v) is 5.20. The van der Waals surface area contributed by atoms with Crippen molar-refractivity contribution in [1.29, 1.82) is 0 Å². The molecule has 1 rings (SSSR count). The smallest absolute Gasteiger partial charge is 0.320 e. The molecule has 1 saturated carbocycles. The molecule has 5 nitrogen and oxygen atoms in total. The van der Waals surface area contributed by atoms with Crippen LogP contribution in [-0.2, 0) is 9.59 Å². The van der Waals surface area contributed by atoms with E-state index in [1.54, 1.807) is 0 Å². The summed E-state index contributed by atoms with van der Waals surface area (Å²) in [6.45, 7) is 1.47. The summed E-state index contributed by atoms with van der Waals surface area (Å²) in [5.41, 5.74) is 0. The number of carboxylic acids is 2. The van der Waals surface area contributed by atoms with Gasteiger partial charge in [0.15, 0.2) is 0 Å². The molecule has 0 heterocycles. The van der Waals surface area contributed by atoms with Crippen LogP contribution in [0.4, 0.5) is 0 Å². The fraction of sp³-hybridized carbons (Fsp3) is 0.846. The molecule has 0 aromatic carbocycles. The Kier molecular flexibility index (Phi) is 6.12. The number of hydrogen-bond acceptors (Lipinski definition) is 3. The predicted molar refractivity (Wildman–Crippen MR) is 67.5 cm³/mol. The summed E-state index contributed by atoms with van der Waals surface area (Å²) < 4.78 is 0. The van der Waals surface area contributed by atoms with E-state index in [1.807, 2.05) is 0 Å². The van der Waals surface area contributed by atoms with Gasteiger partial charge in [-0.25, -0.2) is 0 Å². The van der Waals surface area contributed by atoms with Crippen LogP contribution in [-0.4, -0.2) is 34.2 Å². The van der Waals surface area contributed by atoms with Crippen LogP contribution in [0.2, 0.25) is 0 Å². The monoisotopic (exact) mass is 257 g/mol. The average molecular weight is 257 g/mol. The molecule has 0 amide bonds. The van der Waals surface area contributed by atoms with Crippen molar-refractivity contribution >= 4 is 11.9 Å². The summed E-state index contributed by atoms with van der Waals surface area (Å²) in [4.78, 5) is 21.8. The number of nitrogens with one attached hydrogen (secondary N) is 1. The van der Waals surface area contributed by atoms with E-state index >= 15 is 0 Å². The molecule has 3 N–H and O–H groups in total. The predicted octanol–water partition coefficient (Wildman–Crippen LogP) is 1.86. The summed E-state index contributed by atoms with van der Waals surface area (Å²) in [5.74, 6) is -1.36. The highest BCUT2D eigenvalue weighted by Crippen LogP contribution is 2.27. The Labute approximate surface area is 108 Å². The maximum Gasteiger partial charge on any atom is 0.320 e. The van der Waals surface area contributed by atoms with Gasteiger partial charge in [0.2, 0.25) is 0 Å². The van der Waals surface area contributed by atoms with Gasteiger partial charge in [0, 0.05) is 0 Å². The Bertz CT molecular complexity index is 287. The van der Waals surface area contributed by atoms with Gasteiger partial charge in [0.1, 0.15) is 12.1 Å². The van der Waals surface area contributed by atoms with E-state index in [0.29, 0.717) is 12.3 Å². The minimum absolute atomic E-state index is 0.512. The fourth-order valence-electron chi connectivity index (χ4n) is 2.53. The minimum Gasteiger partial charge on any atom is -0.480 e. The standard InChI is InChI=1S/C13H23NO4/c1-9(12(15)16)14-11(13(17)18)8-7-10-5-3-2-4-6-10/h9-11,14H,2-8H2,1H3,(H,15,16)(H,17,18). The van der Waals surface area contributed by atoms with E-state index in [1.165, 1.54) is 39.0 Å². The van der Waals surface area contributed by atoms with Crippen LogP contribution >= 0.6 is 0 Å². The summed E-state index contributed by atoms with van der Waals surface area (Å²) in [7, 11) is 0. The van der Waals surface area contributed by atoms with Gasteiger partial charge in [-0.2, -0.15) is 0 Å². The van der Waals surface area contributed by atoms with E-state index in [4.69, 9.17) is 10.2 Å². The lowest BCUT2D eigenvalue weighted by molar-refractivity contribution is -0.142. The van der Waals surface area contributed by atoms with E-state index in [0.717, 1.165) is 6.42 Å². The Hall–Kier alpha value is -1.10. The van der Waals surface area contributed by atoms with Crippen molar-refractivity contribution in [2.24, 2.45) is 5.92 Å². The van der Waals surface area contributed by atoms with Crippen LogP contribution in [0.3, 0.4) is 0 Å². The zero-order valence-electron chi connectivity index (χ0n) is 10.9. The first-order valence-electron chi connectivity index (χ1n) is 6.72. The maximum atomic E-state index is 11.1. The molecule has 2 unspecified atom stereocenters. The lowest BCUT2D eigenvalue weighted by Gasteiger charge is -2.24. The zero-order chi connectivity index (χ0) is 13.5. The zero-order valence-corrected chi connectivity index (χ0v) is 10.9. The summed E-state index contributed by atoms with van der Waals surface area (Å²) in [5, 5.41) is 20.5. The highest BCUT2D eigenvalue weighted by molar-refractivity contribution is 5.77. The van der Waals surface area contributed by atoms with Crippen molar-refractivity contribution in [3.8, 4) is 0 Å². The van der Waals surface area contributed by atoms with Gasteiger partial charge in [-0.1, -0.05) is 32.1 Å². The molecule has 0 aliphatic heterocycles. The average Bonchev–Trinajstić information content (AvgIpc) is 2.34. The molecular formula is C13H23NO4. The molecule has 104 valence electrons. The van der Waals surface area contributed by atoms with Crippen molar-refractivity contribution in [1.82, 2.24) is 5.32 Å². The van der Waals surface area contributed by atoms with Gasteiger partial charge >= 0.3 is 11.9 Å². The number of carboxylic acid groups (broad SMARTS) is 2. The maximum absolute atomic E-state index is 11.1. The van der Waals surface area contributed by atoms with Gasteiger partial charge < -0.3 is 10.2 Å². The molecule has 1 fully saturated rings. The van der Waals surface area contributed by atoms with Crippen molar-refractivity contribution in [2.45, 2.75) is 64.0 Å². The largest absolute Gasteiger partial charge is 0.480 e. The van der Waals surface area contributed by atoms with Gasteiger partial charge in [0.05, 0.1) is 0 Å². The van der Waals surface area contributed by atoms with Crippen molar-refractivity contribution in [2.75, 3.05) is 0 Å². The molecule has 5 heteroatoms. The number of hydrogen-bond donors (Lipinski definition) is 3. The highest BCUT2D eigenvalue weighted by Gasteiger charge is 2.24. The topological polar surface area (TPSA) is 86.6 Å². The summed E-state index contributed by atoms with van der Waals surface area (Å²) in [6.07, 6.45) is 7.51. The Morgan fingerprint density at radius 1 is 1.17 bits per heavy atom. The van der Waals surface area contributed by atoms with Gasteiger partial charge in [-0.15, -0.1) is 0 Å².